The lowest BCUT2D eigenvalue weighted by Gasteiger charge is -2.37. The summed E-state index contributed by atoms with van der Waals surface area (Å²) in [6, 6.07) is 8.43. The lowest BCUT2D eigenvalue weighted by molar-refractivity contribution is -0.121. The van der Waals surface area contributed by atoms with E-state index >= 15 is 0 Å². The van der Waals surface area contributed by atoms with Crippen LogP contribution in [-0.4, -0.2) is 45.0 Å². The van der Waals surface area contributed by atoms with Crippen LogP contribution < -0.4 is 10.6 Å². The van der Waals surface area contributed by atoms with Gasteiger partial charge in [-0.2, -0.15) is 0 Å². The number of methoxy groups -OCH3 is 1. The van der Waals surface area contributed by atoms with Crippen molar-refractivity contribution < 1.29 is 9.53 Å². The average Bonchev–Trinajstić information content (AvgIpc) is 2.56. The number of carbonyl (C=O) groups is 1. The van der Waals surface area contributed by atoms with Crippen LogP contribution in [0.15, 0.2) is 29.2 Å². The van der Waals surface area contributed by atoms with Crippen LogP contribution in [0.3, 0.4) is 0 Å². The monoisotopic (exact) mass is 372 g/mol. The summed E-state index contributed by atoms with van der Waals surface area (Å²) in [5, 5.41) is 6.48. The Kier molecular flexibility index (Phi) is 9.74. The number of halogens is 1. The van der Waals surface area contributed by atoms with E-state index < -0.39 is 0 Å². The number of hydrogen-bond donors (Lipinski definition) is 2. The van der Waals surface area contributed by atoms with Gasteiger partial charge in [-0.3, -0.25) is 4.79 Å². The smallest absolute Gasteiger partial charge is 0.220 e. The summed E-state index contributed by atoms with van der Waals surface area (Å²) >= 11 is 1.73. The quantitative estimate of drug-likeness (QED) is 0.689. The second kappa shape index (κ2) is 11.0. The van der Waals surface area contributed by atoms with Gasteiger partial charge in [0.1, 0.15) is 0 Å². The number of rotatable bonds is 8. The van der Waals surface area contributed by atoms with Crippen molar-refractivity contribution in [3.05, 3.63) is 29.8 Å². The van der Waals surface area contributed by atoms with E-state index in [0.717, 1.165) is 38.2 Å². The maximum atomic E-state index is 12.1. The van der Waals surface area contributed by atoms with E-state index in [1.54, 1.807) is 18.9 Å². The van der Waals surface area contributed by atoms with Gasteiger partial charge in [0, 0.05) is 36.1 Å². The molecule has 0 radical (unpaired) electrons. The van der Waals surface area contributed by atoms with Gasteiger partial charge in [0.2, 0.25) is 5.91 Å². The van der Waals surface area contributed by atoms with Gasteiger partial charge in [-0.25, -0.2) is 0 Å². The van der Waals surface area contributed by atoms with Gasteiger partial charge < -0.3 is 15.4 Å². The van der Waals surface area contributed by atoms with E-state index in [4.69, 9.17) is 4.74 Å². The maximum Gasteiger partial charge on any atom is 0.220 e. The van der Waals surface area contributed by atoms with Crippen molar-refractivity contribution in [2.45, 2.75) is 31.1 Å². The van der Waals surface area contributed by atoms with E-state index in [1.165, 1.54) is 10.5 Å². The Bertz CT molecular complexity index is 485. The van der Waals surface area contributed by atoms with Crippen LogP contribution in [-0.2, 0) is 9.53 Å². The number of piperidine rings is 1. The van der Waals surface area contributed by atoms with Gasteiger partial charge >= 0.3 is 0 Å². The van der Waals surface area contributed by atoms with Crippen LogP contribution in [0.2, 0.25) is 0 Å². The molecule has 1 fully saturated rings. The van der Waals surface area contributed by atoms with Crippen molar-refractivity contribution >= 4 is 30.1 Å². The summed E-state index contributed by atoms with van der Waals surface area (Å²) < 4.78 is 5.38. The Labute approximate surface area is 155 Å². The molecule has 4 nitrogen and oxygen atoms in total. The first-order valence-corrected chi connectivity index (χ1v) is 9.28. The third kappa shape index (κ3) is 7.01. The number of thioether (sulfide) groups is 1. The molecule has 2 rings (SSSR count). The molecule has 6 heteroatoms. The number of benzene rings is 1. The Balaban J connectivity index is 0.00000288. The molecule has 1 saturated heterocycles. The molecule has 0 saturated carbocycles. The predicted octanol–water partition coefficient (Wildman–Crippen LogP) is 3.03. The number of carbonyl (C=O) groups excluding carboxylic acids is 1. The third-order valence-corrected chi connectivity index (χ3v) is 5.41. The molecule has 0 unspecified atom stereocenters. The lowest BCUT2D eigenvalue weighted by atomic mass is 9.79. The lowest BCUT2D eigenvalue weighted by Crippen LogP contribution is -2.47. The second-order valence-corrected chi connectivity index (χ2v) is 7.54. The molecule has 0 atom stereocenters. The molecule has 1 aliphatic rings. The summed E-state index contributed by atoms with van der Waals surface area (Å²) in [5.74, 6) is 0.951. The first kappa shape index (κ1) is 21.3. The highest BCUT2D eigenvalue weighted by Gasteiger charge is 2.32. The fraction of sp³-hybridized carbons (Fsp3) is 0.611. The number of amides is 1. The van der Waals surface area contributed by atoms with Crippen molar-refractivity contribution in [2.24, 2.45) is 5.41 Å². The number of ether oxygens (including phenoxy) is 1. The van der Waals surface area contributed by atoms with E-state index in [0.29, 0.717) is 13.0 Å². The van der Waals surface area contributed by atoms with Gasteiger partial charge in [-0.05, 0) is 45.0 Å². The normalized spacial score (nSPS) is 16.2. The molecule has 1 heterocycles. The topological polar surface area (TPSA) is 50.4 Å². The first-order valence-electron chi connectivity index (χ1n) is 8.29. The van der Waals surface area contributed by atoms with E-state index in [-0.39, 0.29) is 23.7 Å². The van der Waals surface area contributed by atoms with Crippen LogP contribution in [0.25, 0.3) is 0 Å². The maximum absolute atomic E-state index is 12.1. The molecular weight excluding hydrogens is 344 g/mol. The molecule has 24 heavy (non-hydrogen) atoms. The Morgan fingerprint density at radius 2 is 1.96 bits per heavy atom. The van der Waals surface area contributed by atoms with Crippen LogP contribution in [0.5, 0.6) is 0 Å². The highest BCUT2D eigenvalue weighted by molar-refractivity contribution is 7.99. The summed E-state index contributed by atoms with van der Waals surface area (Å²) in [6.07, 6.45) is 2.67. The van der Waals surface area contributed by atoms with Gasteiger partial charge in [0.15, 0.2) is 0 Å². The Hall–Kier alpha value is -0.750. The molecule has 1 aromatic rings. The average molecular weight is 373 g/mol. The third-order valence-electron chi connectivity index (χ3n) is 4.39. The zero-order chi connectivity index (χ0) is 16.5. The van der Waals surface area contributed by atoms with Gasteiger partial charge in [-0.1, -0.05) is 17.7 Å². The summed E-state index contributed by atoms with van der Waals surface area (Å²) in [7, 11) is 1.74. The number of nitrogens with one attached hydrogen (secondary N) is 2. The predicted molar refractivity (Wildman–Crippen MR) is 103 cm³/mol. The highest BCUT2D eigenvalue weighted by atomic mass is 35.5. The van der Waals surface area contributed by atoms with E-state index in [2.05, 4.69) is 41.8 Å². The molecule has 0 bridgehead atoms. The minimum Gasteiger partial charge on any atom is -0.384 e. The van der Waals surface area contributed by atoms with Crippen LogP contribution in [0.4, 0.5) is 0 Å². The van der Waals surface area contributed by atoms with Crippen molar-refractivity contribution in [3.8, 4) is 0 Å². The van der Waals surface area contributed by atoms with E-state index in [1.807, 2.05) is 0 Å². The molecule has 136 valence electrons. The fourth-order valence-corrected chi connectivity index (χ4v) is 3.76. The van der Waals surface area contributed by atoms with Crippen LogP contribution in [0.1, 0.15) is 24.8 Å². The van der Waals surface area contributed by atoms with Gasteiger partial charge in [0.05, 0.1) is 6.61 Å². The first-order chi connectivity index (χ1) is 11.1. The molecule has 1 aliphatic heterocycles. The van der Waals surface area contributed by atoms with Crippen LogP contribution in [0, 0.1) is 12.3 Å². The number of hydrogen-bond acceptors (Lipinski definition) is 4. The SMILES string of the molecule is COCC1(CNC(=O)CCSc2ccc(C)cc2)CCNCC1.Cl. The molecule has 1 aromatic carbocycles. The molecule has 0 spiro atoms. The van der Waals surface area contributed by atoms with Crippen molar-refractivity contribution in [3.63, 3.8) is 0 Å². The van der Waals surface area contributed by atoms with Crippen molar-refractivity contribution in [1.29, 1.82) is 0 Å². The number of aryl methyl sites for hydroxylation is 1. The molecule has 0 aliphatic carbocycles. The molecule has 0 aromatic heterocycles. The van der Waals surface area contributed by atoms with Gasteiger partial charge in [-0.15, -0.1) is 24.2 Å². The fourth-order valence-electron chi connectivity index (χ4n) is 2.91. The summed E-state index contributed by atoms with van der Waals surface area (Å²) in [6.45, 7) is 5.52. The standard InChI is InChI=1S/C18H28N2O2S.ClH/c1-15-3-5-16(6-4-15)23-12-7-17(21)20-13-18(14-22-2)8-10-19-11-9-18;/h3-6,19H,7-14H2,1-2H3,(H,20,21);1H. The minimum atomic E-state index is 0. The zero-order valence-electron chi connectivity index (χ0n) is 14.6. The second-order valence-electron chi connectivity index (χ2n) is 6.37. The molecule has 1 amide bonds. The van der Waals surface area contributed by atoms with Crippen molar-refractivity contribution in [2.75, 3.05) is 39.1 Å². The van der Waals surface area contributed by atoms with E-state index in [9.17, 15) is 4.79 Å². The van der Waals surface area contributed by atoms with Gasteiger partial charge in [0.25, 0.3) is 0 Å². The van der Waals surface area contributed by atoms with Crippen molar-refractivity contribution in [1.82, 2.24) is 10.6 Å². The molecular formula is C18H29ClN2O2S. The minimum absolute atomic E-state index is 0. The Morgan fingerprint density at radius 1 is 1.29 bits per heavy atom. The van der Waals surface area contributed by atoms with Crippen LogP contribution >= 0.6 is 24.2 Å². The summed E-state index contributed by atoms with van der Waals surface area (Å²) in [5.41, 5.74) is 1.36. The summed E-state index contributed by atoms with van der Waals surface area (Å²) in [4.78, 5) is 13.3. The molecule has 2 N–H and O–H groups in total. The largest absolute Gasteiger partial charge is 0.384 e. The zero-order valence-corrected chi connectivity index (χ0v) is 16.2. The highest BCUT2D eigenvalue weighted by Crippen LogP contribution is 2.28. The Morgan fingerprint density at radius 3 is 2.58 bits per heavy atom.